The lowest BCUT2D eigenvalue weighted by Gasteiger charge is -2.14. The third-order valence-corrected chi connectivity index (χ3v) is 2.71. The Morgan fingerprint density at radius 1 is 1.38 bits per heavy atom. The van der Waals surface area contributed by atoms with E-state index < -0.39 is 0 Å². The number of hydrogen-bond acceptors (Lipinski definition) is 2. The van der Waals surface area contributed by atoms with E-state index in [0.29, 0.717) is 17.7 Å². The molecule has 0 aliphatic carbocycles. The van der Waals surface area contributed by atoms with Gasteiger partial charge in [-0.05, 0) is 38.0 Å². The minimum Gasteiger partial charge on any atom is -0.492 e. The molecule has 1 unspecified atom stereocenters. The van der Waals surface area contributed by atoms with Crippen molar-refractivity contribution in [1.82, 2.24) is 0 Å². The molecule has 0 aromatic heterocycles. The standard InChI is InChI=1S/C13H20ClNO/c1-4-8-16-13-7-6-11(9-12(13)14)15-10(3)5-2/h6-7,9-10,15H,4-5,8H2,1-3H3. The van der Waals surface area contributed by atoms with Gasteiger partial charge in [0.1, 0.15) is 5.75 Å². The first-order valence-corrected chi connectivity index (χ1v) is 6.24. The first kappa shape index (κ1) is 13.2. The highest BCUT2D eigenvalue weighted by Gasteiger charge is 2.04. The maximum Gasteiger partial charge on any atom is 0.138 e. The summed E-state index contributed by atoms with van der Waals surface area (Å²) in [5.74, 6) is 0.762. The number of hydrogen-bond donors (Lipinski definition) is 1. The summed E-state index contributed by atoms with van der Waals surface area (Å²) >= 11 is 6.13. The molecule has 1 aromatic rings. The van der Waals surface area contributed by atoms with Gasteiger partial charge in [-0.2, -0.15) is 0 Å². The molecule has 0 amide bonds. The first-order valence-electron chi connectivity index (χ1n) is 5.86. The van der Waals surface area contributed by atoms with Crippen LogP contribution in [-0.2, 0) is 0 Å². The maximum absolute atomic E-state index is 6.13. The molecule has 2 nitrogen and oxygen atoms in total. The van der Waals surface area contributed by atoms with Crippen molar-refractivity contribution in [2.45, 2.75) is 39.7 Å². The van der Waals surface area contributed by atoms with Crippen LogP contribution in [0.25, 0.3) is 0 Å². The molecule has 0 fully saturated rings. The van der Waals surface area contributed by atoms with Gasteiger partial charge in [0.25, 0.3) is 0 Å². The third kappa shape index (κ3) is 3.93. The van der Waals surface area contributed by atoms with Crippen molar-refractivity contribution < 1.29 is 4.74 Å². The zero-order valence-corrected chi connectivity index (χ0v) is 11.0. The van der Waals surface area contributed by atoms with Crippen LogP contribution in [0.3, 0.4) is 0 Å². The number of rotatable bonds is 6. The predicted octanol–water partition coefficient (Wildman–Crippen LogP) is 4.34. The number of halogens is 1. The fourth-order valence-corrected chi connectivity index (χ4v) is 1.54. The van der Waals surface area contributed by atoms with Gasteiger partial charge in [-0.15, -0.1) is 0 Å². The summed E-state index contributed by atoms with van der Waals surface area (Å²) in [5.41, 5.74) is 1.04. The summed E-state index contributed by atoms with van der Waals surface area (Å²) in [7, 11) is 0. The molecule has 0 saturated heterocycles. The molecule has 0 heterocycles. The Morgan fingerprint density at radius 2 is 2.12 bits per heavy atom. The van der Waals surface area contributed by atoms with Gasteiger partial charge in [0.05, 0.1) is 11.6 Å². The summed E-state index contributed by atoms with van der Waals surface area (Å²) < 4.78 is 5.51. The Labute approximate surface area is 103 Å². The molecular formula is C13H20ClNO. The van der Waals surface area contributed by atoms with Crippen molar-refractivity contribution in [3.8, 4) is 5.75 Å². The van der Waals surface area contributed by atoms with E-state index in [2.05, 4.69) is 26.1 Å². The lowest BCUT2D eigenvalue weighted by atomic mass is 10.2. The van der Waals surface area contributed by atoms with E-state index in [1.54, 1.807) is 0 Å². The van der Waals surface area contributed by atoms with E-state index in [0.717, 1.165) is 24.3 Å². The van der Waals surface area contributed by atoms with E-state index in [9.17, 15) is 0 Å². The molecule has 16 heavy (non-hydrogen) atoms. The van der Waals surface area contributed by atoms with Crippen LogP contribution in [0.4, 0.5) is 5.69 Å². The minimum atomic E-state index is 0.457. The number of anilines is 1. The largest absolute Gasteiger partial charge is 0.492 e. The normalized spacial score (nSPS) is 12.2. The Hall–Kier alpha value is -0.890. The van der Waals surface area contributed by atoms with Gasteiger partial charge in [0, 0.05) is 11.7 Å². The van der Waals surface area contributed by atoms with E-state index in [1.165, 1.54) is 0 Å². The zero-order valence-electron chi connectivity index (χ0n) is 10.2. The van der Waals surface area contributed by atoms with Crippen LogP contribution in [0.5, 0.6) is 5.75 Å². The fraction of sp³-hybridized carbons (Fsp3) is 0.538. The van der Waals surface area contributed by atoms with Crippen molar-refractivity contribution in [3.05, 3.63) is 23.2 Å². The topological polar surface area (TPSA) is 21.3 Å². The van der Waals surface area contributed by atoms with Gasteiger partial charge >= 0.3 is 0 Å². The van der Waals surface area contributed by atoms with Crippen molar-refractivity contribution in [1.29, 1.82) is 0 Å². The number of benzene rings is 1. The summed E-state index contributed by atoms with van der Waals surface area (Å²) in [6.07, 6.45) is 2.08. The van der Waals surface area contributed by atoms with Crippen molar-refractivity contribution in [3.63, 3.8) is 0 Å². The van der Waals surface area contributed by atoms with Gasteiger partial charge in [-0.25, -0.2) is 0 Å². The summed E-state index contributed by atoms with van der Waals surface area (Å²) in [6, 6.07) is 6.29. The SMILES string of the molecule is CCCOc1ccc(NC(C)CC)cc1Cl. The molecule has 0 radical (unpaired) electrons. The zero-order chi connectivity index (χ0) is 12.0. The maximum atomic E-state index is 6.13. The highest BCUT2D eigenvalue weighted by Crippen LogP contribution is 2.28. The third-order valence-electron chi connectivity index (χ3n) is 2.42. The molecule has 1 rings (SSSR count). The van der Waals surface area contributed by atoms with Crippen molar-refractivity contribution in [2.24, 2.45) is 0 Å². The van der Waals surface area contributed by atoms with Crippen molar-refractivity contribution >= 4 is 17.3 Å². The van der Waals surface area contributed by atoms with Gasteiger partial charge in [-0.1, -0.05) is 25.4 Å². The van der Waals surface area contributed by atoms with Crippen LogP contribution in [0.15, 0.2) is 18.2 Å². The molecule has 0 bridgehead atoms. The number of ether oxygens (including phenoxy) is 1. The van der Waals surface area contributed by atoms with Crippen LogP contribution in [0.2, 0.25) is 5.02 Å². The Morgan fingerprint density at radius 3 is 2.69 bits per heavy atom. The van der Waals surface area contributed by atoms with Gasteiger partial charge in [-0.3, -0.25) is 0 Å². The average molecular weight is 242 g/mol. The predicted molar refractivity (Wildman–Crippen MR) is 70.6 cm³/mol. The molecule has 0 aliphatic heterocycles. The summed E-state index contributed by atoms with van der Waals surface area (Å²) in [6.45, 7) is 7.08. The van der Waals surface area contributed by atoms with Gasteiger partial charge < -0.3 is 10.1 Å². The molecule has 1 atom stereocenters. The molecule has 1 aromatic carbocycles. The molecular weight excluding hydrogens is 222 g/mol. The summed E-state index contributed by atoms with van der Waals surface area (Å²) in [4.78, 5) is 0. The average Bonchev–Trinajstić information content (AvgIpc) is 2.28. The second-order valence-corrected chi connectivity index (χ2v) is 4.35. The fourth-order valence-electron chi connectivity index (χ4n) is 1.31. The van der Waals surface area contributed by atoms with E-state index in [-0.39, 0.29) is 0 Å². The highest BCUT2D eigenvalue weighted by atomic mass is 35.5. The lowest BCUT2D eigenvalue weighted by Crippen LogP contribution is -2.13. The van der Waals surface area contributed by atoms with Crippen LogP contribution < -0.4 is 10.1 Å². The molecule has 90 valence electrons. The summed E-state index contributed by atoms with van der Waals surface area (Å²) in [5, 5.41) is 4.04. The molecule has 1 N–H and O–H groups in total. The molecule has 3 heteroatoms. The minimum absolute atomic E-state index is 0.457. The quantitative estimate of drug-likeness (QED) is 0.800. The van der Waals surface area contributed by atoms with Crippen molar-refractivity contribution in [2.75, 3.05) is 11.9 Å². The Kier molecular flexibility index (Phi) is 5.47. The molecule has 0 saturated carbocycles. The Bertz CT molecular complexity index is 328. The molecule has 0 aliphatic rings. The van der Waals surface area contributed by atoms with E-state index >= 15 is 0 Å². The van der Waals surface area contributed by atoms with Gasteiger partial charge in [0.2, 0.25) is 0 Å². The molecule has 0 spiro atoms. The number of nitrogens with one attached hydrogen (secondary N) is 1. The van der Waals surface area contributed by atoms with Gasteiger partial charge in [0.15, 0.2) is 0 Å². The Balaban J connectivity index is 2.66. The van der Waals surface area contributed by atoms with Crippen LogP contribution in [0.1, 0.15) is 33.6 Å². The van der Waals surface area contributed by atoms with Crippen LogP contribution >= 0.6 is 11.6 Å². The highest BCUT2D eigenvalue weighted by molar-refractivity contribution is 6.32. The second-order valence-electron chi connectivity index (χ2n) is 3.95. The first-order chi connectivity index (χ1) is 7.67. The lowest BCUT2D eigenvalue weighted by molar-refractivity contribution is 0.317. The van der Waals surface area contributed by atoms with E-state index in [4.69, 9.17) is 16.3 Å². The smallest absolute Gasteiger partial charge is 0.138 e. The van der Waals surface area contributed by atoms with Crippen LogP contribution in [-0.4, -0.2) is 12.6 Å². The second kappa shape index (κ2) is 6.64. The van der Waals surface area contributed by atoms with Crippen LogP contribution in [0, 0.1) is 0 Å². The monoisotopic (exact) mass is 241 g/mol. The van der Waals surface area contributed by atoms with E-state index in [1.807, 2.05) is 18.2 Å².